The van der Waals surface area contributed by atoms with Crippen LogP contribution in [0.15, 0.2) is 0 Å². The molecule has 0 aromatic carbocycles. The normalized spacial score (nSPS) is 14.9. The molecule has 0 spiro atoms. The van der Waals surface area contributed by atoms with Crippen LogP contribution in [0.1, 0.15) is 20.3 Å². The smallest absolute Gasteiger partial charge is 0.411 e. The average Bonchev–Trinajstić information content (AvgIpc) is 1.84. The number of rotatable bonds is 3. The second-order valence-corrected chi connectivity index (χ2v) is 2.89. The van der Waals surface area contributed by atoms with E-state index in [0.717, 1.165) is 0 Å². The van der Waals surface area contributed by atoms with Gasteiger partial charge in [0.15, 0.2) is 0 Å². The number of nitrogens with two attached hydrogens (primary N) is 1. The van der Waals surface area contributed by atoms with Gasteiger partial charge >= 0.3 is 6.09 Å². The fraction of sp³-hybridized carbons (Fsp3) is 0.714. The van der Waals surface area contributed by atoms with Crippen molar-refractivity contribution in [3.63, 3.8) is 0 Å². The number of hydrogen-bond acceptors (Lipinski definition) is 3. The molecule has 0 rings (SSSR count). The molecule has 0 aliphatic carbocycles. The van der Waals surface area contributed by atoms with E-state index in [9.17, 15) is 9.59 Å². The minimum absolute atomic E-state index is 0.00986. The van der Waals surface area contributed by atoms with Crippen LogP contribution >= 0.6 is 0 Å². The second-order valence-electron chi connectivity index (χ2n) is 2.89. The third kappa shape index (κ3) is 4.68. The van der Waals surface area contributed by atoms with Crippen molar-refractivity contribution >= 4 is 12.0 Å². The monoisotopic (exact) mass is 174 g/mol. The summed E-state index contributed by atoms with van der Waals surface area (Å²) in [6.45, 7) is 3.57. The number of carbonyl (C=O) groups excluding carboxylic acids is 1. The third-order valence-corrected chi connectivity index (χ3v) is 1.65. The zero-order valence-electron chi connectivity index (χ0n) is 7.20. The highest BCUT2D eigenvalue weighted by molar-refractivity contribution is 5.90. The Morgan fingerprint density at radius 3 is 2.33 bits per heavy atom. The highest BCUT2D eigenvalue weighted by Crippen LogP contribution is 2.04. The van der Waals surface area contributed by atoms with Gasteiger partial charge < -0.3 is 10.8 Å². The molecule has 70 valence electrons. The number of amides is 2. The molecule has 5 heteroatoms. The molecule has 2 atom stereocenters. The van der Waals surface area contributed by atoms with E-state index in [1.54, 1.807) is 19.2 Å². The molecule has 2 unspecified atom stereocenters. The first-order valence-corrected chi connectivity index (χ1v) is 3.72. The number of imide groups is 1. The number of hydrogen-bond donors (Lipinski definition) is 3. The molecule has 0 fully saturated rings. The molecule has 5 nitrogen and oxygen atoms in total. The van der Waals surface area contributed by atoms with Crippen LogP contribution in [0.25, 0.3) is 0 Å². The predicted molar refractivity (Wildman–Crippen MR) is 43.6 cm³/mol. The lowest BCUT2D eigenvalue weighted by Crippen LogP contribution is -2.34. The average molecular weight is 174 g/mol. The van der Waals surface area contributed by atoms with Crippen LogP contribution in [-0.4, -0.2) is 23.1 Å². The Morgan fingerprint density at radius 2 is 2.00 bits per heavy atom. The van der Waals surface area contributed by atoms with Gasteiger partial charge in [0.05, 0.1) is 0 Å². The summed E-state index contributed by atoms with van der Waals surface area (Å²) < 4.78 is 0. The zero-order valence-corrected chi connectivity index (χ0v) is 7.20. The second kappa shape index (κ2) is 4.71. The van der Waals surface area contributed by atoms with E-state index in [1.807, 2.05) is 0 Å². The third-order valence-electron chi connectivity index (χ3n) is 1.65. The summed E-state index contributed by atoms with van der Waals surface area (Å²) in [4.78, 5) is 20.8. The summed E-state index contributed by atoms with van der Waals surface area (Å²) in [7, 11) is 0. The maximum atomic E-state index is 10.8. The summed E-state index contributed by atoms with van der Waals surface area (Å²) >= 11 is 0. The molecule has 0 aliphatic rings. The number of nitrogens with one attached hydrogen (secondary N) is 1. The summed E-state index contributed by atoms with van der Waals surface area (Å²) in [5.41, 5.74) is 5.49. The molecule has 0 aromatic rings. The van der Waals surface area contributed by atoms with E-state index in [1.165, 1.54) is 0 Å². The Balaban J connectivity index is 3.77. The van der Waals surface area contributed by atoms with Crippen molar-refractivity contribution in [3.05, 3.63) is 0 Å². The lowest BCUT2D eigenvalue weighted by Gasteiger charge is -2.13. The van der Waals surface area contributed by atoms with E-state index < -0.39 is 12.0 Å². The molecule has 12 heavy (non-hydrogen) atoms. The van der Waals surface area contributed by atoms with E-state index in [2.05, 4.69) is 0 Å². The van der Waals surface area contributed by atoms with Crippen molar-refractivity contribution in [2.24, 2.45) is 11.7 Å². The van der Waals surface area contributed by atoms with Crippen LogP contribution in [0.2, 0.25) is 0 Å². The van der Waals surface area contributed by atoms with Gasteiger partial charge in [-0.05, 0) is 12.8 Å². The largest absolute Gasteiger partial charge is 0.465 e. The molecule has 0 radical (unpaired) electrons. The molecule has 0 bridgehead atoms. The summed E-state index contributed by atoms with van der Waals surface area (Å²) in [6.07, 6.45) is -1.18. The van der Waals surface area contributed by atoms with Crippen LogP contribution in [0.3, 0.4) is 0 Å². The Kier molecular flexibility index (Phi) is 4.28. The van der Waals surface area contributed by atoms with Gasteiger partial charge in [-0.2, -0.15) is 0 Å². The van der Waals surface area contributed by atoms with Crippen molar-refractivity contribution in [2.75, 3.05) is 0 Å². The van der Waals surface area contributed by atoms with Gasteiger partial charge in [-0.25, -0.2) is 4.79 Å². The van der Waals surface area contributed by atoms with E-state index in [0.29, 0.717) is 0 Å². The van der Waals surface area contributed by atoms with Crippen LogP contribution in [-0.2, 0) is 4.79 Å². The molecule has 0 saturated heterocycles. The predicted octanol–water partition coefficient (Wildman–Crippen LogP) is 0.154. The van der Waals surface area contributed by atoms with E-state index in [4.69, 9.17) is 10.8 Å². The van der Waals surface area contributed by atoms with Gasteiger partial charge in [0.2, 0.25) is 5.91 Å². The minimum Gasteiger partial charge on any atom is -0.465 e. The number of carbonyl (C=O) groups is 2. The topological polar surface area (TPSA) is 92.4 Å². The van der Waals surface area contributed by atoms with Crippen LogP contribution < -0.4 is 11.1 Å². The van der Waals surface area contributed by atoms with Gasteiger partial charge in [-0.3, -0.25) is 10.1 Å². The van der Waals surface area contributed by atoms with E-state index in [-0.39, 0.29) is 18.4 Å². The van der Waals surface area contributed by atoms with Crippen LogP contribution in [0, 0.1) is 5.92 Å². The van der Waals surface area contributed by atoms with Gasteiger partial charge in [0.25, 0.3) is 0 Å². The van der Waals surface area contributed by atoms with Gasteiger partial charge in [0, 0.05) is 12.5 Å². The molecule has 0 saturated carbocycles. The standard InChI is InChI=1S/C7H14N2O3/c1-4(5(2)8)3-6(10)9-7(11)12/h4-5H,3,8H2,1-2H3,(H,9,10)(H,11,12). The highest BCUT2D eigenvalue weighted by Gasteiger charge is 2.13. The SMILES string of the molecule is CC(N)C(C)CC(=O)NC(=O)O. The molecular formula is C7H14N2O3. The van der Waals surface area contributed by atoms with Crippen LogP contribution in [0.5, 0.6) is 0 Å². The number of carboxylic acid groups (broad SMARTS) is 1. The lowest BCUT2D eigenvalue weighted by molar-refractivity contribution is -0.121. The maximum Gasteiger partial charge on any atom is 0.411 e. The molecule has 4 N–H and O–H groups in total. The van der Waals surface area contributed by atoms with Crippen molar-refractivity contribution in [1.82, 2.24) is 5.32 Å². The molecule has 0 aliphatic heterocycles. The minimum atomic E-state index is -1.32. The fourth-order valence-electron chi connectivity index (χ4n) is 0.649. The molecular weight excluding hydrogens is 160 g/mol. The van der Waals surface area contributed by atoms with Crippen molar-refractivity contribution < 1.29 is 14.7 Å². The Labute approximate surface area is 70.9 Å². The van der Waals surface area contributed by atoms with Gasteiger partial charge in [-0.1, -0.05) is 6.92 Å². The summed E-state index contributed by atoms with van der Waals surface area (Å²) in [5.74, 6) is -0.517. The first-order valence-electron chi connectivity index (χ1n) is 3.72. The molecule has 2 amide bonds. The summed E-state index contributed by atoms with van der Waals surface area (Å²) in [6, 6.07) is -0.107. The van der Waals surface area contributed by atoms with Crippen molar-refractivity contribution in [3.8, 4) is 0 Å². The van der Waals surface area contributed by atoms with Crippen LogP contribution in [0.4, 0.5) is 4.79 Å². The Bertz CT molecular complexity index is 179. The van der Waals surface area contributed by atoms with Gasteiger partial charge in [0.1, 0.15) is 0 Å². The molecule has 0 aromatic heterocycles. The van der Waals surface area contributed by atoms with Crippen molar-refractivity contribution in [2.45, 2.75) is 26.3 Å². The quantitative estimate of drug-likeness (QED) is 0.568. The Hall–Kier alpha value is -1.10. The van der Waals surface area contributed by atoms with Gasteiger partial charge in [-0.15, -0.1) is 0 Å². The molecule has 0 heterocycles. The lowest BCUT2D eigenvalue weighted by atomic mass is 10.0. The Morgan fingerprint density at radius 1 is 1.50 bits per heavy atom. The maximum absolute atomic E-state index is 10.8. The first kappa shape index (κ1) is 10.9. The highest BCUT2D eigenvalue weighted by atomic mass is 16.4. The zero-order chi connectivity index (χ0) is 9.72. The fourth-order valence-corrected chi connectivity index (χ4v) is 0.649. The summed E-state index contributed by atoms with van der Waals surface area (Å²) in [5, 5.41) is 9.92. The van der Waals surface area contributed by atoms with E-state index >= 15 is 0 Å². The van der Waals surface area contributed by atoms with Crippen molar-refractivity contribution in [1.29, 1.82) is 0 Å². The first-order chi connectivity index (χ1) is 5.43.